The Balaban J connectivity index is 1.90. The minimum atomic E-state index is 0.200. The quantitative estimate of drug-likeness (QED) is 0.848. The van der Waals surface area contributed by atoms with Gasteiger partial charge in [0, 0.05) is 12.0 Å². The van der Waals surface area contributed by atoms with Crippen LogP contribution in [0.15, 0.2) is 34.9 Å². The van der Waals surface area contributed by atoms with Crippen molar-refractivity contribution in [2.45, 2.75) is 19.4 Å². The van der Waals surface area contributed by atoms with Gasteiger partial charge in [-0.1, -0.05) is 0 Å². The molecule has 0 fully saturated rings. The summed E-state index contributed by atoms with van der Waals surface area (Å²) < 4.78 is 11.9. The second kappa shape index (κ2) is 5.93. The van der Waals surface area contributed by atoms with E-state index in [1.807, 2.05) is 37.3 Å². The van der Waals surface area contributed by atoms with Crippen molar-refractivity contribution in [3.63, 3.8) is 0 Å². The number of methoxy groups -OCH3 is 1. The van der Waals surface area contributed by atoms with Crippen molar-refractivity contribution >= 4 is 21.6 Å². The van der Waals surface area contributed by atoms with Crippen LogP contribution in [0.3, 0.4) is 0 Å². The third-order valence-corrected chi connectivity index (χ3v) is 4.08. The number of aryl methyl sites for hydroxylation is 1. The van der Waals surface area contributed by atoms with Crippen LogP contribution in [-0.2, 0) is 0 Å². The first-order valence-electron chi connectivity index (χ1n) is 6.88. The normalized spacial score (nSPS) is 16.8. The van der Waals surface area contributed by atoms with E-state index in [1.165, 1.54) is 0 Å². The van der Waals surface area contributed by atoms with E-state index in [-0.39, 0.29) is 6.04 Å². The Morgan fingerprint density at radius 2 is 2.19 bits per heavy atom. The smallest absolute Gasteiger partial charge is 0.124 e. The molecule has 1 N–H and O–H groups in total. The molecule has 2 aromatic rings. The molecule has 1 aromatic carbocycles. The fourth-order valence-corrected chi connectivity index (χ4v) is 2.92. The van der Waals surface area contributed by atoms with Crippen LogP contribution in [-0.4, -0.2) is 18.7 Å². The zero-order valence-corrected chi connectivity index (χ0v) is 13.6. The molecule has 21 heavy (non-hydrogen) atoms. The molecule has 0 bridgehead atoms. The molecule has 0 saturated carbocycles. The molecule has 0 saturated heterocycles. The highest BCUT2D eigenvalue weighted by Crippen LogP contribution is 2.37. The highest BCUT2D eigenvalue weighted by molar-refractivity contribution is 9.10. The summed E-state index contributed by atoms with van der Waals surface area (Å²) in [6, 6.07) is 10.1. The lowest BCUT2D eigenvalue weighted by Crippen LogP contribution is -2.21. The summed E-state index contributed by atoms with van der Waals surface area (Å²) in [7, 11) is 1.68. The van der Waals surface area contributed by atoms with Gasteiger partial charge in [0.15, 0.2) is 0 Å². The van der Waals surface area contributed by atoms with E-state index in [0.717, 1.165) is 39.5 Å². The summed E-state index contributed by atoms with van der Waals surface area (Å²) >= 11 is 3.39. The Morgan fingerprint density at radius 1 is 1.33 bits per heavy atom. The van der Waals surface area contributed by atoms with Gasteiger partial charge in [0.05, 0.1) is 31.1 Å². The number of hydrogen-bond donors (Lipinski definition) is 1. The zero-order valence-electron chi connectivity index (χ0n) is 12.0. The number of rotatable bonds is 3. The summed E-state index contributed by atoms with van der Waals surface area (Å²) in [5, 5.41) is 3.56. The first kappa shape index (κ1) is 14.2. The van der Waals surface area contributed by atoms with Crippen LogP contribution in [0.1, 0.15) is 23.7 Å². The van der Waals surface area contributed by atoms with Gasteiger partial charge >= 0.3 is 0 Å². The Hall–Kier alpha value is -1.75. The highest BCUT2D eigenvalue weighted by Gasteiger charge is 2.22. The molecular weight excluding hydrogens is 332 g/mol. The van der Waals surface area contributed by atoms with E-state index in [0.29, 0.717) is 6.61 Å². The van der Waals surface area contributed by atoms with E-state index in [1.54, 1.807) is 7.11 Å². The lowest BCUT2D eigenvalue weighted by Gasteiger charge is -2.28. The van der Waals surface area contributed by atoms with Crippen molar-refractivity contribution < 1.29 is 9.47 Å². The number of pyridine rings is 1. The molecule has 1 aliphatic rings. The summed E-state index contributed by atoms with van der Waals surface area (Å²) in [5.74, 6) is 1.76. The molecule has 3 rings (SSSR count). The first-order chi connectivity index (χ1) is 10.2. The fourth-order valence-electron chi connectivity index (χ4n) is 2.52. The Labute approximate surface area is 132 Å². The summed E-state index contributed by atoms with van der Waals surface area (Å²) in [4.78, 5) is 4.43. The minimum Gasteiger partial charge on any atom is -0.497 e. The van der Waals surface area contributed by atoms with E-state index in [4.69, 9.17) is 9.47 Å². The number of benzene rings is 1. The third kappa shape index (κ3) is 2.97. The average molecular weight is 349 g/mol. The second-order valence-electron chi connectivity index (χ2n) is 5.00. The van der Waals surface area contributed by atoms with Crippen molar-refractivity contribution in [1.82, 2.24) is 4.98 Å². The van der Waals surface area contributed by atoms with Crippen LogP contribution in [0.2, 0.25) is 0 Å². The van der Waals surface area contributed by atoms with Crippen molar-refractivity contribution in [2.75, 3.05) is 19.0 Å². The van der Waals surface area contributed by atoms with Crippen LogP contribution in [0.4, 0.5) is 5.69 Å². The van der Waals surface area contributed by atoms with Crippen LogP contribution in [0.25, 0.3) is 0 Å². The first-order valence-corrected chi connectivity index (χ1v) is 7.67. The molecule has 0 spiro atoms. The van der Waals surface area contributed by atoms with Gasteiger partial charge in [-0.2, -0.15) is 0 Å². The summed E-state index contributed by atoms with van der Waals surface area (Å²) in [6.07, 6.45) is 0.912. The number of anilines is 1. The SMILES string of the molecule is COc1ccc2c(c1)C(Nc1ccc(Br)nc1C)CCO2. The Morgan fingerprint density at radius 3 is 2.95 bits per heavy atom. The van der Waals surface area contributed by atoms with Gasteiger partial charge in [-0.25, -0.2) is 4.98 Å². The molecule has 2 heterocycles. The fraction of sp³-hybridized carbons (Fsp3) is 0.312. The van der Waals surface area contributed by atoms with Crippen LogP contribution < -0.4 is 14.8 Å². The molecule has 1 unspecified atom stereocenters. The maximum absolute atomic E-state index is 5.72. The average Bonchev–Trinajstić information content (AvgIpc) is 2.50. The third-order valence-electron chi connectivity index (χ3n) is 3.64. The molecule has 0 radical (unpaired) electrons. The van der Waals surface area contributed by atoms with Gasteiger partial charge in [-0.3, -0.25) is 0 Å². The van der Waals surface area contributed by atoms with E-state index in [9.17, 15) is 0 Å². The Kier molecular flexibility index (Phi) is 4.01. The molecule has 5 heteroatoms. The standard InChI is InChI=1S/C16H17BrN2O2/c1-10-13(4-6-16(17)18-10)19-14-7-8-21-15-5-3-11(20-2)9-12(14)15/h3-6,9,14,19H,7-8H2,1-2H3. The van der Waals surface area contributed by atoms with Gasteiger partial charge in [-0.05, 0) is 53.2 Å². The molecule has 1 aromatic heterocycles. The van der Waals surface area contributed by atoms with Crippen molar-refractivity contribution in [2.24, 2.45) is 0 Å². The van der Waals surface area contributed by atoms with Crippen molar-refractivity contribution in [1.29, 1.82) is 0 Å². The Bertz CT molecular complexity index is 661. The van der Waals surface area contributed by atoms with E-state index >= 15 is 0 Å². The number of nitrogens with zero attached hydrogens (tertiary/aromatic N) is 1. The number of ether oxygens (including phenoxy) is 2. The van der Waals surface area contributed by atoms with Gasteiger partial charge in [0.25, 0.3) is 0 Å². The van der Waals surface area contributed by atoms with Crippen molar-refractivity contribution in [3.05, 3.63) is 46.2 Å². The molecular formula is C16H17BrN2O2. The lowest BCUT2D eigenvalue weighted by atomic mass is 9.99. The van der Waals surface area contributed by atoms with Gasteiger partial charge < -0.3 is 14.8 Å². The number of nitrogens with one attached hydrogen (secondary N) is 1. The topological polar surface area (TPSA) is 43.4 Å². The predicted molar refractivity (Wildman–Crippen MR) is 86.1 cm³/mol. The molecule has 1 aliphatic heterocycles. The van der Waals surface area contributed by atoms with Crippen LogP contribution >= 0.6 is 15.9 Å². The molecule has 1 atom stereocenters. The minimum absolute atomic E-state index is 0.200. The second-order valence-corrected chi connectivity index (χ2v) is 5.82. The van der Waals surface area contributed by atoms with Gasteiger partial charge in [-0.15, -0.1) is 0 Å². The van der Waals surface area contributed by atoms with Gasteiger partial charge in [0.1, 0.15) is 16.1 Å². The number of fused-ring (bicyclic) bond motifs is 1. The lowest BCUT2D eigenvalue weighted by molar-refractivity contribution is 0.273. The van der Waals surface area contributed by atoms with Gasteiger partial charge in [0.2, 0.25) is 0 Å². The van der Waals surface area contributed by atoms with Crippen molar-refractivity contribution in [3.8, 4) is 11.5 Å². The number of hydrogen-bond acceptors (Lipinski definition) is 4. The zero-order chi connectivity index (χ0) is 14.8. The van der Waals surface area contributed by atoms with E-state index < -0.39 is 0 Å². The largest absolute Gasteiger partial charge is 0.497 e. The number of halogens is 1. The number of aromatic nitrogens is 1. The molecule has 110 valence electrons. The molecule has 0 aliphatic carbocycles. The maximum atomic E-state index is 5.72. The van der Waals surface area contributed by atoms with E-state index in [2.05, 4.69) is 26.2 Å². The molecule has 4 nitrogen and oxygen atoms in total. The molecule has 0 amide bonds. The monoisotopic (exact) mass is 348 g/mol. The maximum Gasteiger partial charge on any atom is 0.124 e. The summed E-state index contributed by atoms with van der Waals surface area (Å²) in [5.41, 5.74) is 3.14. The predicted octanol–water partition coefficient (Wildman–Crippen LogP) is 4.10. The highest BCUT2D eigenvalue weighted by atomic mass is 79.9. The summed E-state index contributed by atoms with van der Waals surface area (Å²) in [6.45, 7) is 2.71. The van der Waals surface area contributed by atoms with Crippen LogP contribution in [0.5, 0.6) is 11.5 Å². The van der Waals surface area contributed by atoms with Crippen LogP contribution in [0, 0.1) is 6.92 Å².